The van der Waals surface area contributed by atoms with Crippen molar-refractivity contribution in [3.8, 4) is 5.75 Å². The van der Waals surface area contributed by atoms with Crippen molar-refractivity contribution in [2.75, 3.05) is 30.9 Å². The molecule has 6 nitrogen and oxygen atoms in total. The number of aromatic nitrogens is 1. The summed E-state index contributed by atoms with van der Waals surface area (Å²) in [7, 11) is 6.89. The predicted octanol–water partition coefficient (Wildman–Crippen LogP) is 2.90. The second-order valence-corrected chi connectivity index (χ2v) is 6.85. The van der Waals surface area contributed by atoms with Crippen LogP contribution in [0.15, 0.2) is 47.3 Å². The van der Waals surface area contributed by atoms with Crippen LogP contribution in [-0.2, 0) is 7.05 Å². The van der Waals surface area contributed by atoms with E-state index in [2.05, 4.69) is 0 Å². The van der Waals surface area contributed by atoms with Crippen LogP contribution in [0.3, 0.4) is 0 Å². The number of hydrogen-bond acceptors (Lipinski definition) is 4. The van der Waals surface area contributed by atoms with E-state index >= 15 is 0 Å². The van der Waals surface area contributed by atoms with Crippen molar-refractivity contribution in [1.82, 2.24) is 4.57 Å². The number of aryl methyl sites for hydroxylation is 2. The quantitative estimate of drug-likeness (QED) is 0.775. The van der Waals surface area contributed by atoms with Crippen molar-refractivity contribution in [2.45, 2.75) is 6.92 Å². The molecule has 0 saturated heterocycles. The molecule has 1 heterocycles. The van der Waals surface area contributed by atoms with E-state index in [0.717, 1.165) is 11.3 Å². The maximum atomic E-state index is 13.1. The first-order valence-electron chi connectivity index (χ1n) is 8.60. The summed E-state index contributed by atoms with van der Waals surface area (Å²) in [6.45, 7) is 1.96. The normalized spacial score (nSPS) is 10.9. The Hall–Kier alpha value is -3.28. The topological polar surface area (TPSA) is 65.8 Å². The van der Waals surface area contributed by atoms with Crippen molar-refractivity contribution in [2.24, 2.45) is 7.05 Å². The lowest BCUT2D eigenvalue weighted by Gasteiger charge is -2.21. The highest BCUT2D eigenvalue weighted by molar-refractivity contribution is 6.12. The number of pyridine rings is 1. The van der Waals surface area contributed by atoms with Crippen LogP contribution in [0.25, 0.3) is 10.9 Å². The van der Waals surface area contributed by atoms with E-state index in [4.69, 9.17) is 0 Å². The van der Waals surface area contributed by atoms with Gasteiger partial charge in [-0.3, -0.25) is 9.59 Å². The van der Waals surface area contributed by atoms with Gasteiger partial charge in [-0.05, 0) is 31.2 Å². The van der Waals surface area contributed by atoms with Gasteiger partial charge in [-0.2, -0.15) is 0 Å². The molecule has 3 rings (SSSR count). The third kappa shape index (κ3) is 3.03. The Kier molecular flexibility index (Phi) is 4.66. The average Bonchev–Trinajstić information content (AvgIpc) is 2.65. The molecule has 0 fully saturated rings. The molecule has 0 aliphatic rings. The molecule has 6 heteroatoms. The number of anilines is 2. The van der Waals surface area contributed by atoms with Crippen molar-refractivity contribution in [3.63, 3.8) is 0 Å². The Morgan fingerprint density at radius 1 is 1.04 bits per heavy atom. The Bertz CT molecular complexity index is 1080. The van der Waals surface area contributed by atoms with E-state index in [9.17, 15) is 14.7 Å². The highest BCUT2D eigenvalue weighted by atomic mass is 16.3. The van der Waals surface area contributed by atoms with Crippen molar-refractivity contribution >= 4 is 28.2 Å². The molecular formula is C21H23N3O3. The van der Waals surface area contributed by atoms with Crippen LogP contribution in [0.4, 0.5) is 11.4 Å². The van der Waals surface area contributed by atoms with Gasteiger partial charge in [-0.1, -0.05) is 23.8 Å². The highest BCUT2D eigenvalue weighted by Gasteiger charge is 2.26. The molecule has 0 atom stereocenters. The summed E-state index contributed by atoms with van der Waals surface area (Å²) in [5.41, 5.74) is 2.25. The SMILES string of the molecule is Cc1ccc(N(C)C(=O)c2c(O)c3c(N(C)C)cccc3n(C)c2=O)cc1. The Morgan fingerprint density at radius 3 is 2.26 bits per heavy atom. The van der Waals surface area contributed by atoms with Gasteiger partial charge in [0.15, 0.2) is 0 Å². The number of amides is 1. The van der Waals surface area contributed by atoms with E-state index in [1.54, 1.807) is 32.3 Å². The summed E-state index contributed by atoms with van der Waals surface area (Å²) in [4.78, 5) is 29.2. The van der Waals surface area contributed by atoms with E-state index in [-0.39, 0.29) is 11.3 Å². The summed E-state index contributed by atoms with van der Waals surface area (Å²) in [6.07, 6.45) is 0. The highest BCUT2D eigenvalue weighted by Crippen LogP contribution is 2.34. The van der Waals surface area contributed by atoms with Crippen molar-refractivity contribution < 1.29 is 9.90 Å². The zero-order valence-corrected chi connectivity index (χ0v) is 16.1. The molecule has 1 N–H and O–H groups in total. The minimum atomic E-state index is -0.549. The summed E-state index contributed by atoms with van der Waals surface area (Å²) in [6, 6.07) is 12.8. The molecule has 1 aromatic heterocycles. The molecule has 3 aromatic rings. The van der Waals surface area contributed by atoms with Gasteiger partial charge in [0.1, 0.15) is 11.3 Å². The van der Waals surface area contributed by atoms with Gasteiger partial charge in [0, 0.05) is 39.6 Å². The van der Waals surface area contributed by atoms with Crippen LogP contribution >= 0.6 is 0 Å². The fourth-order valence-corrected chi connectivity index (χ4v) is 3.17. The lowest BCUT2D eigenvalue weighted by atomic mass is 10.1. The molecule has 0 radical (unpaired) electrons. The maximum absolute atomic E-state index is 13.1. The summed E-state index contributed by atoms with van der Waals surface area (Å²) >= 11 is 0. The zero-order chi connectivity index (χ0) is 19.9. The lowest BCUT2D eigenvalue weighted by molar-refractivity contribution is 0.0988. The van der Waals surface area contributed by atoms with Gasteiger partial charge in [0.2, 0.25) is 0 Å². The first-order chi connectivity index (χ1) is 12.7. The molecule has 0 aliphatic heterocycles. The van der Waals surface area contributed by atoms with Crippen LogP contribution in [0.1, 0.15) is 15.9 Å². The number of hydrogen-bond donors (Lipinski definition) is 1. The molecule has 2 aromatic carbocycles. The molecule has 0 bridgehead atoms. The minimum Gasteiger partial charge on any atom is -0.506 e. The number of nitrogens with zero attached hydrogens (tertiary/aromatic N) is 3. The number of benzene rings is 2. The largest absolute Gasteiger partial charge is 0.506 e. The monoisotopic (exact) mass is 365 g/mol. The zero-order valence-electron chi connectivity index (χ0n) is 16.1. The second kappa shape index (κ2) is 6.79. The number of carbonyl (C=O) groups is 1. The van der Waals surface area contributed by atoms with E-state index < -0.39 is 11.5 Å². The van der Waals surface area contributed by atoms with Crippen LogP contribution in [0.2, 0.25) is 0 Å². The summed E-state index contributed by atoms with van der Waals surface area (Å²) in [5.74, 6) is -0.839. The number of rotatable bonds is 3. The lowest BCUT2D eigenvalue weighted by Crippen LogP contribution is -2.34. The smallest absolute Gasteiger partial charge is 0.267 e. The number of carbonyl (C=O) groups excluding carboxylic acids is 1. The molecule has 0 spiro atoms. The van der Waals surface area contributed by atoms with Gasteiger partial charge in [0.05, 0.1) is 10.9 Å². The van der Waals surface area contributed by atoms with Gasteiger partial charge in [-0.15, -0.1) is 0 Å². The second-order valence-electron chi connectivity index (χ2n) is 6.85. The number of aromatic hydroxyl groups is 1. The minimum absolute atomic E-state index is 0.234. The standard InChI is InChI=1S/C21H23N3O3/c1-13-9-11-14(12-10-13)23(4)20(26)18-19(25)17-15(22(2)3)7-6-8-16(17)24(5)21(18)27/h6-12,25H,1-5H3. The number of fused-ring (bicyclic) bond motifs is 1. The molecule has 0 unspecified atom stereocenters. The van der Waals surface area contributed by atoms with Crippen LogP contribution < -0.4 is 15.4 Å². The molecule has 27 heavy (non-hydrogen) atoms. The van der Waals surface area contributed by atoms with E-state index in [1.807, 2.05) is 50.2 Å². The van der Waals surface area contributed by atoms with Crippen molar-refractivity contribution in [3.05, 3.63) is 63.9 Å². The Balaban J connectivity index is 2.25. The first-order valence-corrected chi connectivity index (χ1v) is 8.60. The molecule has 1 amide bonds. The first kappa shape index (κ1) is 18.5. The third-order valence-electron chi connectivity index (χ3n) is 4.80. The van der Waals surface area contributed by atoms with Crippen LogP contribution in [0, 0.1) is 6.92 Å². The van der Waals surface area contributed by atoms with Crippen LogP contribution in [-0.4, -0.2) is 36.7 Å². The van der Waals surface area contributed by atoms with Gasteiger partial charge in [-0.25, -0.2) is 0 Å². The van der Waals surface area contributed by atoms with Crippen LogP contribution in [0.5, 0.6) is 5.75 Å². The third-order valence-corrected chi connectivity index (χ3v) is 4.80. The van der Waals surface area contributed by atoms with Gasteiger partial charge >= 0.3 is 0 Å². The fourth-order valence-electron chi connectivity index (χ4n) is 3.17. The summed E-state index contributed by atoms with van der Waals surface area (Å²) in [5, 5.41) is 11.4. The molecule has 140 valence electrons. The molecule has 0 aliphatic carbocycles. The predicted molar refractivity (Wildman–Crippen MR) is 109 cm³/mol. The molecular weight excluding hydrogens is 342 g/mol. The van der Waals surface area contributed by atoms with E-state index in [1.165, 1.54) is 9.47 Å². The fraction of sp³-hybridized carbons (Fsp3) is 0.238. The Labute approximate surface area is 157 Å². The maximum Gasteiger partial charge on any atom is 0.267 e. The molecule has 0 saturated carbocycles. The Morgan fingerprint density at radius 2 is 1.67 bits per heavy atom. The average molecular weight is 365 g/mol. The van der Waals surface area contributed by atoms with Crippen molar-refractivity contribution in [1.29, 1.82) is 0 Å². The van der Waals surface area contributed by atoms with Gasteiger partial charge in [0.25, 0.3) is 11.5 Å². The summed E-state index contributed by atoms with van der Waals surface area (Å²) < 4.78 is 1.40. The van der Waals surface area contributed by atoms with Gasteiger partial charge < -0.3 is 19.5 Å². The van der Waals surface area contributed by atoms with E-state index in [0.29, 0.717) is 16.6 Å².